The molecule has 10 aromatic carbocycles. The Morgan fingerprint density at radius 1 is 0.310 bits per heavy atom. The molecule has 126 heavy (non-hydrogen) atoms. The molecule has 11 rings (SSSR count). The first-order valence-electron chi connectivity index (χ1n) is 46.5. The van der Waals surface area contributed by atoms with Crippen LogP contribution in [0.3, 0.4) is 0 Å². The summed E-state index contributed by atoms with van der Waals surface area (Å²) < 4.78 is 52.2. The molecule has 10 aromatic rings. The summed E-state index contributed by atoms with van der Waals surface area (Å²) in [6.45, 7) is 44.4. The van der Waals surface area contributed by atoms with Gasteiger partial charge in [0.25, 0.3) is 0 Å². The maximum atomic E-state index is 15.2. The number of nitrogens with zero attached hydrogens (tertiary/aromatic N) is 2. The number of ether oxygens (including phenoxy) is 8. The molecular formula is C110H140N4O12. The number of carbonyl (C=O) groups is 2. The summed E-state index contributed by atoms with van der Waals surface area (Å²) >= 11 is 0. The molecule has 672 valence electrons. The highest BCUT2D eigenvalue weighted by Crippen LogP contribution is 2.55. The molecule has 0 aliphatic heterocycles. The second-order valence-electron chi connectivity index (χ2n) is 36.8. The molecule has 16 heteroatoms. The molecule has 1 aliphatic carbocycles. The number of anilines is 8. The summed E-state index contributed by atoms with van der Waals surface area (Å²) in [5.74, 6) is 5.06. The lowest BCUT2D eigenvalue weighted by atomic mass is 9.62. The number of rotatable bonds is 47. The average molecular weight is 1710 g/mol. The molecule has 2 amide bonds. The standard InChI is InChI=1S/C110H140N4O12/c1-20-25-31-77(22-3)109(117)111-91-61-87(113(83-49-41-79(42-50-83)101-93(119-24-5)33-27-34-94(101)120-63-70(6)7)84-51-43-80(44-52-84)102-95(121-64-71(8)9)35-28-36-96(102)122-65-72(10)11)57-59-89(91)105-107(115)106(108(105)116)90-60-58-88(62-92(90)112-110(118)78(23-4)32-26-21-2)114(85-53-45-81(46-54-85)103-97(123-66-73(12)13)37-29-38-98(103)124-67-74(14)15)86-55-47-82(48-56-86)104-99(125-68-75(16)17)39-30-40-100(104)126-69-76(18)19/h27-30,33-62,70-78,105-108,115-116H,20-26,31-32,63-69H2,1-19H3,(H,111,117)(H,112,118). The molecule has 16 nitrogen and oxygen atoms in total. The van der Waals surface area contributed by atoms with Crippen LogP contribution in [0.15, 0.2) is 206 Å². The first-order valence-corrected chi connectivity index (χ1v) is 46.5. The van der Waals surface area contributed by atoms with E-state index in [0.717, 1.165) is 133 Å². The summed E-state index contributed by atoms with van der Waals surface area (Å²) in [5, 5.41) is 33.7. The van der Waals surface area contributed by atoms with Crippen LogP contribution in [0.25, 0.3) is 44.5 Å². The van der Waals surface area contributed by atoms with E-state index in [0.29, 0.717) is 118 Å². The summed E-state index contributed by atoms with van der Waals surface area (Å²) in [7, 11) is 0. The van der Waals surface area contributed by atoms with Crippen molar-refractivity contribution in [2.75, 3.05) is 73.3 Å². The molecular weight excluding hydrogens is 1570 g/mol. The van der Waals surface area contributed by atoms with Crippen LogP contribution in [0.2, 0.25) is 0 Å². The van der Waals surface area contributed by atoms with Crippen LogP contribution in [-0.2, 0) is 9.59 Å². The number of nitrogens with one attached hydrogen (secondary N) is 2. The zero-order valence-electron chi connectivity index (χ0n) is 78.3. The number of aliphatic hydroxyl groups excluding tert-OH is 2. The lowest BCUT2D eigenvalue weighted by molar-refractivity contribution is -0.121. The van der Waals surface area contributed by atoms with Crippen molar-refractivity contribution in [1.29, 1.82) is 0 Å². The van der Waals surface area contributed by atoms with Gasteiger partial charge in [-0.15, -0.1) is 0 Å². The van der Waals surface area contributed by atoms with Crippen LogP contribution in [-0.4, -0.2) is 87.1 Å². The van der Waals surface area contributed by atoms with Crippen molar-refractivity contribution in [2.24, 2.45) is 53.3 Å². The van der Waals surface area contributed by atoms with Crippen molar-refractivity contribution in [3.8, 4) is 90.5 Å². The van der Waals surface area contributed by atoms with Crippen LogP contribution in [0.1, 0.15) is 206 Å². The van der Waals surface area contributed by atoms with Crippen molar-refractivity contribution in [3.05, 3.63) is 217 Å². The van der Waals surface area contributed by atoms with Gasteiger partial charge in [-0.1, -0.05) is 235 Å². The van der Waals surface area contributed by atoms with Crippen LogP contribution < -0.4 is 58.3 Å². The van der Waals surface area contributed by atoms with Gasteiger partial charge in [-0.05, 0) is 229 Å². The Kier molecular flexibility index (Phi) is 34.9. The molecule has 4 atom stereocenters. The van der Waals surface area contributed by atoms with E-state index >= 15 is 9.59 Å². The van der Waals surface area contributed by atoms with Gasteiger partial charge in [0, 0.05) is 69.2 Å². The molecule has 0 spiro atoms. The minimum atomic E-state index is -1.21. The lowest BCUT2D eigenvalue weighted by Gasteiger charge is -2.48. The summed E-state index contributed by atoms with van der Waals surface area (Å²) in [4.78, 5) is 34.7. The number of aliphatic hydroxyl groups is 2. The van der Waals surface area contributed by atoms with E-state index in [1.165, 1.54) is 0 Å². The van der Waals surface area contributed by atoms with Gasteiger partial charge in [0.2, 0.25) is 11.8 Å². The summed E-state index contributed by atoms with van der Waals surface area (Å²) in [5.41, 5.74) is 13.8. The second kappa shape index (κ2) is 46.0. The Bertz CT molecular complexity index is 4890. The van der Waals surface area contributed by atoms with Crippen molar-refractivity contribution >= 4 is 57.3 Å². The third-order valence-electron chi connectivity index (χ3n) is 22.7. The van der Waals surface area contributed by atoms with Gasteiger partial charge < -0.3 is 68.5 Å². The number of hydrogen-bond donors (Lipinski definition) is 4. The first-order chi connectivity index (χ1) is 60.7. The smallest absolute Gasteiger partial charge is 0.227 e. The van der Waals surface area contributed by atoms with Gasteiger partial charge in [-0.2, -0.15) is 0 Å². The number of amides is 2. The van der Waals surface area contributed by atoms with E-state index in [2.05, 4.69) is 228 Å². The number of carbonyl (C=O) groups excluding carboxylic acids is 2. The lowest BCUT2D eigenvalue weighted by Crippen LogP contribution is -2.52. The largest absolute Gasteiger partial charge is 0.493 e. The highest BCUT2D eigenvalue weighted by Gasteiger charge is 2.52. The monoisotopic (exact) mass is 1710 g/mol. The Labute approximate surface area is 752 Å². The minimum Gasteiger partial charge on any atom is -0.493 e. The maximum absolute atomic E-state index is 15.2. The quantitative estimate of drug-likeness (QED) is 0.0283. The van der Waals surface area contributed by atoms with Gasteiger partial charge in [0.15, 0.2) is 0 Å². The van der Waals surface area contributed by atoms with Crippen LogP contribution in [0.5, 0.6) is 46.0 Å². The summed E-state index contributed by atoms with van der Waals surface area (Å²) in [6, 6.07) is 69.4. The van der Waals surface area contributed by atoms with Crippen molar-refractivity contribution in [2.45, 2.75) is 207 Å². The Morgan fingerprint density at radius 2 is 0.532 bits per heavy atom. The van der Waals surface area contributed by atoms with Crippen molar-refractivity contribution < 1.29 is 57.7 Å². The highest BCUT2D eigenvalue weighted by atomic mass is 16.5. The molecule has 0 heterocycles. The third-order valence-corrected chi connectivity index (χ3v) is 22.7. The van der Waals surface area contributed by atoms with Crippen LogP contribution in [0.4, 0.5) is 45.5 Å². The van der Waals surface area contributed by atoms with E-state index in [-0.39, 0.29) is 65.1 Å². The highest BCUT2D eigenvalue weighted by molar-refractivity contribution is 5.97. The zero-order valence-corrected chi connectivity index (χ0v) is 78.3. The van der Waals surface area contributed by atoms with E-state index in [4.69, 9.17) is 37.9 Å². The normalized spacial score (nSPS) is 14.9. The molecule has 1 saturated carbocycles. The fraction of sp³-hybridized carbons (Fsp3) is 0.436. The van der Waals surface area contributed by atoms with Crippen LogP contribution >= 0.6 is 0 Å². The van der Waals surface area contributed by atoms with Crippen molar-refractivity contribution in [3.63, 3.8) is 0 Å². The number of hydrogen-bond acceptors (Lipinski definition) is 14. The molecule has 0 radical (unpaired) electrons. The van der Waals surface area contributed by atoms with Gasteiger partial charge >= 0.3 is 0 Å². The predicted molar refractivity (Wildman–Crippen MR) is 519 cm³/mol. The van der Waals surface area contributed by atoms with Gasteiger partial charge in [0.1, 0.15) is 46.0 Å². The van der Waals surface area contributed by atoms with Crippen LogP contribution in [0, 0.1) is 53.3 Å². The predicted octanol–water partition coefficient (Wildman–Crippen LogP) is 27.8. The van der Waals surface area contributed by atoms with Gasteiger partial charge in [-0.3, -0.25) is 9.59 Å². The van der Waals surface area contributed by atoms with Gasteiger partial charge in [-0.25, -0.2) is 0 Å². The molecule has 0 aromatic heterocycles. The summed E-state index contributed by atoms with van der Waals surface area (Å²) in [6.07, 6.45) is 3.75. The fourth-order valence-electron chi connectivity index (χ4n) is 16.1. The minimum absolute atomic E-state index is 0.147. The second-order valence-corrected chi connectivity index (χ2v) is 36.8. The number of unbranched alkanes of at least 4 members (excludes halogenated alkanes) is 2. The third kappa shape index (κ3) is 24.4. The Morgan fingerprint density at radius 3 is 0.738 bits per heavy atom. The van der Waals surface area contributed by atoms with E-state index in [1.54, 1.807) is 0 Å². The molecule has 4 unspecified atom stereocenters. The van der Waals surface area contributed by atoms with E-state index < -0.39 is 24.0 Å². The molecule has 4 N–H and O–H groups in total. The molecule has 1 fully saturated rings. The maximum Gasteiger partial charge on any atom is 0.227 e. The fourth-order valence-corrected chi connectivity index (χ4v) is 16.1. The Balaban J connectivity index is 1.06. The zero-order chi connectivity index (χ0) is 90.3. The van der Waals surface area contributed by atoms with E-state index in [9.17, 15) is 10.2 Å². The average Bonchev–Trinajstić information content (AvgIpc) is 0.728. The van der Waals surface area contributed by atoms with Gasteiger partial charge in [0.05, 0.1) is 87.3 Å². The SMILES string of the molecule is CCCCC(CC)C(=O)Nc1cc(N(c2ccc(-c3c(OCC)cccc3OCC(C)C)cc2)c2ccc(-c3c(OCC(C)C)cccc3OCC(C)C)cc2)ccc1C1C(O)C(c2ccc(N(c3ccc(-c4c(OCC(C)C)cccc4OCC(C)C)cc3)c3ccc(-c4c(OCC(C)C)cccc4OCC(C)C)cc3)cc2NC(=O)C(CC)CCCC)C1O. The Hall–Kier alpha value is -10.9. The first kappa shape index (κ1) is 95.7. The number of benzene rings is 10. The van der Waals surface area contributed by atoms with E-state index in [1.807, 2.05) is 130 Å². The molecule has 1 aliphatic rings. The molecule has 0 saturated heterocycles. The molecule has 0 bridgehead atoms. The van der Waals surface area contributed by atoms with Crippen molar-refractivity contribution in [1.82, 2.24) is 0 Å². The topological polar surface area (TPSA) is 179 Å².